The number of benzene rings is 3. The molecule has 1 aliphatic rings. The minimum Gasteiger partial charge on any atom is -0.333 e. The number of carbonyl (C=O) groups is 1. The molecule has 142 valence electrons. The normalized spacial score (nSPS) is 13.3. The maximum absolute atomic E-state index is 13.9. The second-order valence-electron chi connectivity index (χ2n) is 6.03. The quantitative estimate of drug-likeness (QED) is 0.490. The smallest absolute Gasteiger partial charge is 0.326 e. The summed E-state index contributed by atoms with van der Waals surface area (Å²) in [6.07, 6.45) is 0. The molecule has 4 rings (SSSR count). The molecule has 0 atom stereocenters. The Balaban J connectivity index is 1.72. The fourth-order valence-electron chi connectivity index (χ4n) is 2.95. The number of amides is 2. The van der Waals surface area contributed by atoms with E-state index in [0.29, 0.717) is 32.9 Å². The van der Waals surface area contributed by atoms with Crippen molar-refractivity contribution in [3.63, 3.8) is 0 Å². The van der Waals surface area contributed by atoms with E-state index in [1.165, 1.54) is 28.8 Å². The largest absolute Gasteiger partial charge is 0.333 e. The first kappa shape index (κ1) is 19.1. The standard InChI is InChI=1S/C20H12Cl2F2N2OS/c21-14-2-1-3-15(22)19(14)26-17-6-5-13(8-11(17)10-25-20(26)27)28-18-7-4-12(23)9-16(18)24/h1-9H,10H2,(H,25,27). The van der Waals surface area contributed by atoms with E-state index in [1.807, 2.05) is 6.07 Å². The Morgan fingerprint density at radius 3 is 2.46 bits per heavy atom. The second-order valence-corrected chi connectivity index (χ2v) is 7.96. The van der Waals surface area contributed by atoms with Crippen LogP contribution >= 0.6 is 35.0 Å². The third-order valence-corrected chi connectivity index (χ3v) is 5.86. The van der Waals surface area contributed by atoms with Gasteiger partial charge in [-0.1, -0.05) is 41.0 Å². The molecule has 2 amide bonds. The molecule has 0 unspecified atom stereocenters. The fraction of sp³-hybridized carbons (Fsp3) is 0.0500. The molecule has 1 N–H and O–H groups in total. The van der Waals surface area contributed by atoms with Crippen LogP contribution in [0.5, 0.6) is 0 Å². The predicted molar refractivity (Wildman–Crippen MR) is 108 cm³/mol. The number of fused-ring (bicyclic) bond motifs is 1. The van der Waals surface area contributed by atoms with Gasteiger partial charge in [0.05, 0.1) is 21.4 Å². The van der Waals surface area contributed by atoms with Crippen molar-refractivity contribution in [1.29, 1.82) is 0 Å². The Morgan fingerprint density at radius 2 is 1.75 bits per heavy atom. The number of para-hydroxylation sites is 1. The molecule has 8 heteroatoms. The van der Waals surface area contributed by atoms with Gasteiger partial charge in [0.25, 0.3) is 0 Å². The van der Waals surface area contributed by atoms with Gasteiger partial charge in [-0.15, -0.1) is 0 Å². The molecular weight excluding hydrogens is 425 g/mol. The topological polar surface area (TPSA) is 32.3 Å². The monoisotopic (exact) mass is 436 g/mol. The molecule has 0 spiro atoms. The van der Waals surface area contributed by atoms with Gasteiger partial charge >= 0.3 is 6.03 Å². The molecule has 3 nitrogen and oxygen atoms in total. The number of rotatable bonds is 3. The molecular formula is C20H12Cl2F2N2OS. The van der Waals surface area contributed by atoms with Crippen LogP contribution in [-0.4, -0.2) is 6.03 Å². The zero-order valence-corrected chi connectivity index (χ0v) is 16.5. The average molecular weight is 437 g/mol. The number of halogens is 4. The molecule has 0 radical (unpaired) electrons. The lowest BCUT2D eigenvalue weighted by atomic mass is 10.1. The van der Waals surface area contributed by atoms with Crippen LogP contribution in [0.4, 0.5) is 25.0 Å². The van der Waals surface area contributed by atoms with Crippen LogP contribution in [0.3, 0.4) is 0 Å². The number of hydrogen-bond acceptors (Lipinski definition) is 2. The molecule has 0 aromatic heterocycles. The van der Waals surface area contributed by atoms with Crippen LogP contribution < -0.4 is 10.2 Å². The molecule has 0 fully saturated rings. The molecule has 0 saturated heterocycles. The second kappa shape index (κ2) is 7.62. The van der Waals surface area contributed by atoms with Gasteiger partial charge in [0, 0.05) is 22.4 Å². The van der Waals surface area contributed by atoms with E-state index in [9.17, 15) is 13.6 Å². The first-order valence-corrected chi connectivity index (χ1v) is 9.79. The number of nitrogens with zero attached hydrogens (tertiary/aromatic N) is 1. The van der Waals surface area contributed by atoms with E-state index in [2.05, 4.69) is 5.32 Å². The molecule has 0 bridgehead atoms. The molecule has 0 aliphatic carbocycles. The third-order valence-electron chi connectivity index (χ3n) is 4.21. The van der Waals surface area contributed by atoms with Crippen LogP contribution in [-0.2, 0) is 6.54 Å². The van der Waals surface area contributed by atoms with E-state index >= 15 is 0 Å². The van der Waals surface area contributed by atoms with Crippen molar-refractivity contribution in [2.24, 2.45) is 0 Å². The lowest BCUT2D eigenvalue weighted by Crippen LogP contribution is -2.41. The molecule has 1 heterocycles. The predicted octanol–water partition coefficient (Wildman–Crippen LogP) is 6.78. The first-order chi connectivity index (χ1) is 13.4. The lowest BCUT2D eigenvalue weighted by molar-refractivity contribution is 0.247. The Labute approximate surface area is 174 Å². The third kappa shape index (κ3) is 3.55. The lowest BCUT2D eigenvalue weighted by Gasteiger charge is -2.31. The minimum absolute atomic E-state index is 0.312. The average Bonchev–Trinajstić information content (AvgIpc) is 2.65. The molecule has 3 aromatic carbocycles. The summed E-state index contributed by atoms with van der Waals surface area (Å²) in [4.78, 5) is 15.0. The molecule has 3 aromatic rings. The van der Waals surface area contributed by atoms with Crippen LogP contribution in [0, 0.1) is 11.6 Å². The Bertz CT molecular complexity index is 1070. The fourth-order valence-corrected chi connectivity index (χ4v) is 4.40. The van der Waals surface area contributed by atoms with E-state index < -0.39 is 11.6 Å². The maximum atomic E-state index is 13.9. The summed E-state index contributed by atoms with van der Waals surface area (Å²) in [6.45, 7) is 0.313. The van der Waals surface area contributed by atoms with Crippen LogP contribution in [0.15, 0.2) is 64.4 Å². The Hall–Kier alpha value is -2.28. The van der Waals surface area contributed by atoms with Gasteiger partial charge in [-0.3, -0.25) is 4.90 Å². The van der Waals surface area contributed by atoms with Crippen molar-refractivity contribution in [3.8, 4) is 0 Å². The minimum atomic E-state index is -0.625. The van der Waals surface area contributed by atoms with Gasteiger partial charge in [0.1, 0.15) is 11.6 Å². The van der Waals surface area contributed by atoms with E-state index in [-0.39, 0.29) is 6.03 Å². The van der Waals surface area contributed by atoms with Crippen LogP contribution in [0.1, 0.15) is 5.56 Å². The van der Waals surface area contributed by atoms with Crippen molar-refractivity contribution in [1.82, 2.24) is 5.32 Å². The molecule has 28 heavy (non-hydrogen) atoms. The van der Waals surface area contributed by atoms with Gasteiger partial charge in [0.2, 0.25) is 0 Å². The first-order valence-electron chi connectivity index (χ1n) is 8.22. The summed E-state index contributed by atoms with van der Waals surface area (Å²) in [5, 5.41) is 3.49. The highest BCUT2D eigenvalue weighted by atomic mass is 35.5. The molecule has 1 aliphatic heterocycles. The van der Waals surface area contributed by atoms with Gasteiger partial charge in [-0.25, -0.2) is 13.6 Å². The van der Waals surface area contributed by atoms with Crippen molar-refractivity contribution in [2.45, 2.75) is 16.3 Å². The number of nitrogens with one attached hydrogen (secondary N) is 1. The maximum Gasteiger partial charge on any atom is 0.326 e. The summed E-state index contributed by atoms with van der Waals surface area (Å²) in [6, 6.07) is 13.5. The summed E-state index contributed by atoms with van der Waals surface area (Å²) in [5.74, 6) is -1.25. The van der Waals surface area contributed by atoms with Crippen molar-refractivity contribution in [3.05, 3.63) is 81.8 Å². The van der Waals surface area contributed by atoms with E-state index in [1.54, 1.807) is 30.3 Å². The number of urea groups is 1. The highest BCUT2D eigenvalue weighted by Gasteiger charge is 2.28. The Morgan fingerprint density at radius 1 is 1.00 bits per heavy atom. The van der Waals surface area contributed by atoms with Crippen LogP contribution in [0.25, 0.3) is 0 Å². The summed E-state index contributed by atoms with van der Waals surface area (Å²) in [7, 11) is 0. The highest BCUT2D eigenvalue weighted by Crippen LogP contribution is 2.42. The summed E-state index contributed by atoms with van der Waals surface area (Å²) < 4.78 is 27.0. The number of anilines is 2. The highest BCUT2D eigenvalue weighted by molar-refractivity contribution is 7.99. The zero-order chi connectivity index (χ0) is 19.8. The van der Waals surface area contributed by atoms with Gasteiger partial charge in [0.15, 0.2) is 0 Å². The SMILES string of the molecule is O=C1NCc2cc(Sc3ccc(F)cc3F)ccc2N1c1c(Cl)cccc1Cl. The van der Waals surface area contributed by atoms with E-state index in [4.69, 9.17) is 23.2 Å². The number of hydrogen-bond donors (Lipinski definition) is 1. The van der Waals surface area contributed by atoms with Crippen molar-refractivity contribution < 1.29 is 13.6 Å². The number of carbonyl (C=O) groups excluding carboxylic acids is 1. The van der Waals surface area contributed by atoms with Gasteiger partial charge in [-0.2, -0.15) is 0 Å². The summed E-state index contributed by atoms with van der Waals surface area (Å²) in [5.41, 5.74) is 1.86. The summed E-state index contributed by atoms with van der Waals surface area (Å²) >= 11 is 13.7. The Kier molecular flexibility index (Phi) is 5.19. The van der Waals surface area contributed by atoms with Crippen molar-refractivity contribution >= 4 is 52.4 Å². The van der Waals surface area contributed by atoms with Gasteiger partial charge in [-0.05, 0) is 48.0 Å². The molecule has 0 saturated carbocycles. The van der Waals surface area contributed by atoms with E-state index in [0.717, 1.165) is 16.5 Å². The van der Waals surface area contributed by atoms with Gasteiger partial charge < -0.3 is 5.32 Å². The van der Waals surface area contributed by atoms with Crippen LogP contribution in [0.2, 0.25) is 10.0 Å². The van der Waals surface area contributed by atoms with Crippen molar-refractivity contribution in [2.75, 3.05) is 4.90 Å². The zero-order valence-electron chi connectivity index (χ0n) is 14.2.